The normalized spacial score (nSPS) is 42.6. The minimum Gasteiger partial charge on any atom is -0.388 e. The van der Waals surface area contributed by atoms with Crippen LogP contribution in [0.3, 0.4) is 0 Å². The lowest BCUT2D eigenvalue weighted by Crippen LogP contribution is -2.69. The molecule has 42 heavy (non-hydrogen) atoms. The summed E-state index contributed by atoms with van der Waals surface area (Å²) in [7, 11) is 1.56. The Balaban J connectivity index is 1.78. The van der Waals surface area contributed by atoms with Gasteiger partial charge in [0.15, 0.2) is 12.6 Å². The van der Waals surface area contributed by atoms with E-state index in [9.17, 15) is 29.6 Å². The van der Waals surface area contributed by atoms with Gasteiger partial charge in [0.1, 0.15) is 42.8 Å². The minimum absolute atomic E-state index is 0.0230. The molecule has 18 heteroatoms. The van der Waals surface area contributed by atoms with Crippen molar-refractivity contribution >= 4 is 5.91 Å². The van der Waals surface area contributed by atoms with Gasteiger partial charge in [-0.15, -0.1) is 0 Å². The molecule has 0 aromatic heterocycles. The number of hydrogen-bond donors (Lipinski definition) is 12. The maximum absolute atomic E-state index is 12.8. The number of aliphatic hydroxyl groups is 4. The number of carbonyl (C=O) groups is 1. The van der Waals surface area contributed by atoms with Gasteiger partial charge in [-0.2, -0.15) is 0 Å². The molecule has 0 aromatic carbocycles. The van der Waals surface area contributed by atoms with Crippen LogP contribution in [0, 0.1) is 0 Å². The summed E-state index contributed by atoms with van der Waals surface area (Å²) in [6, 6.07) is -3.22. The summed E-state index contributed by atoms with van der Waals surface area (Å²) in [5.74, 6) is 4.42. The van der Waals surface area contributed by atoms with E-state index in [0.717, 1.165) is 0 Å². The van der Waals surface area contributed by atoms with Crippen molar-refractivity contribution in [2.24, 2.45) is 23.0 Å². The number of likely N-dealkylation sites (N-methyl/N-ethyl adjacent to an activating group) is 1. The van der Waals surface area contributed by atoms with Crippen molar-refractivity contribution in [2.45, 2.75) is 111 Å². The molecule has 17 nitrogen and oxygen atoms in total. The number of carbonyl (C=O) groups excluding carboxylic acids is 1. The van der Waals surface area contributed by atoms with Crippen molar-refractivity contribution < 1.29 is 48.6 Å². The maximum Gasteiger partial charge on any atom is 0.250 e. The smallest absolute Gasteiger partial charge is 0.250 e. The average Bonchev–Trinajstić information content (AvgIpc) is 2.94. The highest BCUT2D eigenvalue weighted by Crippen LogP contribution is 2.32. The molecule has 16 N–H and O–H groups in total. The van der Waals surface area contributed by atoms with Crippen LogP contribution in [0.2, 0.25) is 0 Å². The van der Waals surface area contributed by atoms with E-state index >= 15 is 0 Å². The molecular formula is C24H49FN8O9. The molecule has 0 radical (unpaired) electrons. The van der Waals surface area contributed by atoms with Gasteiger partial charge >= 0.3 is 0 Å². The molecule has 14 unspecified atom stereocenters. The van der Waals surface area contributed by atoms with E-state index in [1.807, 2.05) is 0 Å². The molecule has 1 amide bonds. The summed E-state index contributed by atoms with van der Waals surface area (Å²) in [6.07, 6.45) is -9.17. The predicted octanol–water partition coefficient (Wildman–Crippen LogP) is -6.11. The monoisotopic (exact) mass is 612 g/mol. The van der Waals surface area contributed by atoms with E-state index in [4.69, 9.17) is 42.0 Å². The molecule has 0 spiro atoms. The molecule has 3 fully saturated rings. The quantitative estimate of drug-likeness (QED) is 0.0523. The highest BCUT2D eigenvalue weighted by molar-refractivity contribution is 5.81. The number of halogens is 1. The fourth-order valence-electron chi connectivity index (χ4n) is 5.59. The summed E-state index contributed by atoms with van der Waals surface area (Å²) >= 11 is 0. The predicted molar refractivity (Wildman–Crippen MR) is 146 cm³/mol. The minimum atomic E-state index is -1.51. The Bertz CT molecular complexity index is 854. The third-order valence-electron chi connectivity index (χ3n) is 7.96. The summed E-state index contributed by atoms with van der Waals surface area (Å²) in [4.78, 5) is 12.6. The highest BCUT2D eigenvalue weighted by Gasteiger charge is 2.52. The van der Waals surface area contributed by atoms with E-state index in [2.05, 4.69) is 21.4 Å². The van der Waals surface area contributed by atoms with Gasteiger partial charge < -0.3 is 67.2 Å². The number of nitrogens with one attached hydrogen (secondary N) is 4. The van der Waals surface area contributed by atoms with Crippen molar-refractivity contribution in [3.05, 3.63) is 0 Å². The number of alkyl halides is 1. The zero-order chi connectivity index (χ0) is 31.2. The Hall–Kier alpha value is -1.20. The molecule has 2 aliphatic heterocycles. The van der Waals surface area contributed by atoms with E-state index in [1.54, 1.807) is 7.05 Å². The van der Waals surface area contributed by atoms with Crippen LogP contribution >= 0.6 is 0 Å². The van der Waals surface area contributed by atoms with Crippen LogP contribution in [0.4, 0.5) is 4.39 Å². The average molecular weight is 613 g/mol. The molecular weight excluding hydrogens is 563 g/mol. The standard InChI is InChI=1S/C24H49FN8O9/c1-24(38)9-39-23(17(36)20(24)30-2)42-19-13(33-21(37)14(34)8-32-29)5-12(27)18(16(19)35)41-22-11(26)4-3-10(40-22)7-31-15(28)6-25/h10-20,22-23,30-32,34-36,38H,3-9,26-29H2,1-2H3,(H,33,37). The Labute approximate surface area is 244 Å². The first-order valence-electron chi connectivity index (χ1n) is 14.1. The third kappa shape index (κ3) is 8.71. The number of nitrogens with two attached hydrogens (primary N) is 4. The molecule has 14 atom stereocenters. The van der Waals surface area contributed by atoms with Crippen LogP contribution < -0.4 is 44.4 Å². The fourth-order valence-corrected chi connectivity index (χ4v) is 5.59. The van der Waals surface area contributed by atoms with Crippen molar-refractivity contribution in [3.63, 3.8) is 0 Å². The number of ether oxygens (including phenoxy) is 4. The summed E-state index contributed by atoms with van der Waals surface area (Å²) in [5, 5.41) is 51.4. The van der Waals surface area contributed by atoms with Gasteiger partial charge in [0, 0.05) is 19.1 Å². The van der Waals surface area contributed by atoms with Crippen LogP contribution in [0.1, 0.15) is 26.2 Å². The lowest BCUT2D eigenvalue weighted by atomic mass is 9.83. The molecule has 1 saturated carbocycles. The molecule has 3 rings (SSSR count). The van der Waals surface area contributed by atoms with Gasteiger partial charge in [0.2, 0.25) is 0 Å². The van der Waals surface area contributed by atoms with Crippen LogP contribution in [-0.2, 0) is 23.7 Å². The van der Waals surface area contributed by atoms with Crippen LogP contribution in [0.15, 0.2) is 0 Å². The highest BCUT2D eigenvalue weighted by atomic mass is 19.1. The lowest BCUT2D eigenvalue weighted by molar-refractivity contribution is -0.307. The Kier molecular flexibility index (Phi) is 13.2. The summed E-state index contributed by atoms with van der Waals surface area (Å²) in [6.45, 7) is 0.553. The van der Waals surface area contributed by atoms with E-state index in [1.165, 1.54) is 6.92 Å². The molecule has 3 aliphatic rings. The zero-order valence-electron chi connectivity index (χ0n) is 24.0. The topological polar surface area (TPSA) is 287 Å². The second-order valence-corrected chi connectivity index (χ2v) is 11.5. The summed E-state index contributed by atoms with van der Waals surface area (Å²) < 4.78 is 36.5. The second-order valence-electron chi connectivity index (χ2n) is 11.5. The number of aliphatic hydroxyl groups excluding tert-OH is 3. The van der Waals surface area contributed by atoms with Crippen molar-refractivity contribution in [1.29, 1.82) is 0 Å². The Morgan fingerprint density at radius 1 is 1.14 bits per heavy atom. The van der Waals surface area contributed by atoms with Gasteiger partial charge in [-0.25, -0.2) is 4.39 Å². The van der Waals surface area contributed by atoms with Crippen molar-refractivity contribution in [3.8, 4) is 0 Å². The van der Waals surface area contributed by atoms with Crippen LogP contribution in [0.5, 0.6) is 0 Å². The van der Waals surface area contributed by atoms with E-state index in [0.29, 0.717) is 12.8 Å². The first-order valence-corrected chi connectivity index (χ1v) is 14.1. The number of amides is 1. The number of hydrazine groups is 1. The molecule has 0 aromatic rings. The van der Waals surface area contributed by atoms with Crippen LogP contribution in [0.25, 0.3) is 0 Å². The molecule has 2 heterocycles. The molecule has 1 aliphatic carbocycles. The SMILES string of the molecule is CNC1C(O)C(OC2C(NC(=O)C(O)CNN)CC(N)C(OC3OC(CNC(N)CF)CCC3N)C2O)OCC1(C)O. The zero-order valence-corrected chi connectivity index (χ0v) is 24.0. The van der Waals surface area contributed by atoms with E-state index in [-0.39, 0.29) is 26.1 Å². The molecule has 2 saturated heterocycles. The summed E-state index contributed by atoms with van der Waals surface area (Å²) in [5.41, 5.74) is 19.0. The van der Waals surface area contributed by atoms with Gasteiger partial charge in [-0.05, 0) is 33.2 Å². The van der Waals surface area contributed by atoms with Crippen molar-refractivity contribution in [1.82, 2.24) is 21.4 Å². The lowest BCUT2D eigenvalue weighted by Gasteiger charge is -2.49. The van der Waals surface area contributed by atoms with Gasteiger partial charge in [-0.3, -0.25) is 21.4 Å². The Morgan fingerprint density at radius 3 is 2.48 bits per heavy atom. The largest absolute Gasteiger partial charge is 0.388 e. The third-order valence-corrected chi connectivity index (χ3v) is 7.96. The van der Waals surface area contributed by atoms with Gasteiger partial charge in [0.25, 0.3) is 5.91 Å². The fraction of sp³-hybridized carbons (Fsp3) is 0.958. The van der Waals surface area contributed by atoms with Gasteiger partial charge in [0.05, 0.1) is 37.0 Å². The maximum atomic E-state index is 12.8. The number of hydrogen-bond acceptors (Lipinski definition) is 16. The molecule has 0 bridgehead atoms. The molecule has 246 valence electrons. The second kappa shape index (κ2) is 15.7. The van der Waals surface area contributed by atoms with Gasteiger partial charge in [-0.1, -0.05) is 0 Å². The number of rotatable bonds is 13. The first-order chi connectivity index (χ1) is 19.8. The Morgan fingerprint density at radius 2 is 1.83 bits per heavy atom. The van der Waals surface area contributed by atoms with E-state index < -0.39 is 97.7 Å². The van der Waals surface area contributed by atoms with Crippen LogP contribution in [-0.4, -0.2) is 145 Å². The first kappa shape index (κ1) is 35.3. The van der Waals surface area contributed by atoms with Crippen molar-refractivity contribution in [2.75, 3.05) is 33.4 Å².